The minimum absolute atomic E-state index is 0.0281. The molecule has 1 heterocycles. The molecule has 0 radical (unpaired) electrons. The number of aliphatic hydroxyl groups is 1. The molecule has 1 unspecified atom stereocenters. The maximum atomic E-state index is 13.5. The second-order valence-corrected chi connectivity index (χ2v) is 4.37. The van der Waals surface area contributed by atoms with Gasteiger partial charge in [-0.05, 0) is 6.42 Å². The molecular formula is C12H13F2NO3. The lowest BCUT2D eigenvalue weighted by Crippen LogP contribution is -2.30. The summed E-state index contributed by atoms with van der Waals surface area (Å²) in [5.41, 5.74) is -0.519. The number of phenols is 1. The predicted molar refractivity (Wildman–Crippen MR) is 59.1 cm³/mol. The summed E-state index contributed by atoms with van der Waals surface area (Å²) in [4.78, 5) is 13.3. The Bertz CT molecular complexity index is 455. The fourth-order valence-electron chi connectivity index (χ4n) is 2.10. The van der Waals surface area contributed by atoms with Gasteiger partial charge in [-0.15, -0.1) is 0 Å². The quantitative estimate of drug-likeness (QED) is 0.834. The van der Waals surface area contributed by atoms with Gasteiger partial charge in [-0.2, -0.15) is 0 Å². The third-order valence-electron chi connectivity index (χ3n) is 3.08. The molecule has 1 fully saturated rings. The Morgan fingerprint density at radius 3 is 2.72 bits per heavy atom. The van der Waals surface area contributed by atoms with E-state index in [1.807, 2.05) is 0 Å². The number of likely N-dealkylation sites (tertiary alicyclic amines) is 1. The van der Waals surface area contributed by atoms with Crippen molar-refractivity contribution in [3.8, 4) is 5.75 Å². The van der Waals surface area contributed by atoms with Gasteiger partial charge in [-0.1, -0.05) is 0 Å². The molecule has 0 bridgehead atoms. The number of carbonyl (C=O) groups is 1. The predicted octanol–water partition coefficient (Wildman–Crippen LogP) is 1.12. The summed E-state index contributed by atoms with van der Waals surface area (Å²) in [6, 6.07) is 1.27. The number of aliphatic hydroxyl groups excluding tert-OH is 1. The first-order valence-electron chi connectivity index (χ1n) is 5.61. The van der Waals surface area contributed by atoms with Crippen LogP contribution < -0.4 is 0 Å². The molecule has 1 aromatic carbocycles. The average molecular weight is 257 g/mol. The highest BCUT2D eigenvalue weighted by atomic mass is 19.1. The first kappa shape index (κ1) is 12.8. The molecule has 1 atom stereocenters. The van der Waals surface area contributed by atoms with E-state index in [-0.39, 0.29) is 12.5 Å². The van der Waals surface area contributed by atoms with Crippen molar-refractivity contribution in [2.75, 3.05) is 19.7 Å². The Morgan fingerprint density at radius 2 is 2.17 bits per heavy atom. The Hall–Kier alpha value is -1.69. The van der Waals surface area contributed by atoms with Crippen molar-refractivity contribution in [3.63, 3.8) is 0 Å². The molecule has 0 aliphatic carbocycles. The largest absolute Gasteiger partial charge is 0.507 e. The molecule has 1 aliphatic heterocycles. The zero-order chi connectivity index (χ0) is 13.3. The molecule has 4 nitrogen and oxygen atoms in total. The molecular weight excluding hydrogens is 244 g/mol. The van der Waals surface area contributed by atoms with E-state index >= 15 is 0 Å². The van der Waals surface area contributed by atoms with Gasteiger partial charge in [0.2, 0.25) is 0 Å². The highest BCUT2D eigenvalue weighted by Crippen LogP contribution is 2.26. The van der Waals surface area contributed by atoms with Crippen molar-refractivity contribution in [1.82, 2.24) is 4.90 Å². The van der Waals surface area contributed by atoms with Crippen molar-refractivity contribution in [1.29, 1.82) is 0 Å². The van der Waals surface area contributed by atoms with Crippen molar-refractivity contribution in [2.24, 2.45) is 5.92 Å². The Morgan fingerprint density at radius 1 is 1.44 bits per heavy atom. The molecule has 0 saturated carbocycles. The first-order valence-corrected chi connectivity index (χ1v) is 5.61. The van der Waals surface area contributed by atoms with Crippen LogP contribution in [0.4, 0.5) is 8.78 Å². The minimum Gasteiger partial charge on any atom is -0.507 e. The summed E-state index contributed by atoms with van der Waals surface area (Å²) in [5, 5.41) is 18.4. The van der Waals surface area contributed by atoms with E-state index in [9.17, 15) is 18.7 Å². The van der Waals surface area contributed by atoms with Crippen LogP contribution in [0.25, 0.3) is 0 Å². The van der Waals surface area contributed by atoms with Crippen molar-refractivity contribution < 1.29 is 23.8 Å². The summed E-state index contributed by atoms with van der Waals surface area (Å²) in [7, 11) is 0. The smallest absolute Gasteiger partial charge is 0.260 e. The van der Waals surface area contributed by atoms with Crippen LogP contribution >= 0.6 is 0 Å². The van der Waals surface area contributed by atoms with Gasteiger partial charge in [0.15, 0.2) is 0 Å². The molecule has 18 heavy (non-hydrogen) atoms. The van der Waals surface area contributed by atoms with Crippen LogP contribution in [-0.2, 0) is 0 Å². The average Bonchev–Trinajstić information content (AvgIpc) is 2.75. The standard InChI is InChI=1S/C12H13F2NO3/c13-8-3-9(14)11(10(17)4-8)12(18)15-2-1-7(5-15)6-16/h3-4,7,16-17H,1-2,5-6H2. The fraction of sp³-hybridized carbons (Fsp3) is 0.417. The highest BCUT2D eigenvalue weighted by Gasteiger charge is 2.29. The molecule has 1 aliphatic rings. The number of aromatic hydroxyl groups is 1. The van der Waals surface area contributed by atoms with Crippen LogP contribution in [0.1, 0.15) is 16.8 Å². The second-order valence-electron chi connectivity index (χ2n) is 4.37. The zero-order valence-corrected chi connectivity index (χ0v) is 9.57. The van der Waals surface area contributed by atoms with Crippen LogP contribution in [0.3, 0.4) is 0 Å². The summed E-state index contributed by atoms with van der Waals surface area (Å²) in [5.74, 6) is -3.42. The third kappa shape index (κ3) is 2.28. The molecule has 1 saturated heterocycles. The third-order valence-corrected chi connectivity index (χ3v) is 3.08. The monoisotopic (exact) mass is 257 g/mol. The van der Waals surface area contributed by atoms with Gasteiger partial charge in [0.25, 0.3) is 5.91 Å². The molecule has 0 aromatic heterocycles. The molecule has 1 aromatic rings. The summed E-state index contributed by atoms with van der Waals surface area (Å²) < 4.78 is 26.3. The van der Waals surface area contributed by atoms with E-state index in [1.165, 1.54) is 4.90 Å². The SMILES string of the molecule is O=C(c1c(O)cc(F)cc1F)N1CCC(CO)C1. The van der Waals surface area contributed by atoms with Crippen LogP contribution in [0.15, 0.2) is 12.1 Å². The van der Waals surface area contributed by atoms with E-state index in [1.54, 1.807) is 0 Å². The van der Waals surface area contributed by atoms with Crippen molar-refractivity contribution in [2.45, 2.75) is 6.42 Å². The van der Waals surface area contributed by atoms with Crippen molar-refractivity contribution >= 4 is 5.91 Å². The van der Waals surface area contributed by atoms with E-state index < -0.39 is 28.9 Å². The number of halogens is 2. The number of carbonyl (C=O) groups excluding carboxylic acids is 1. The van der Waals surface area contributed by atoms with E-state index in [2.05, 4.69) is 0 Å². The molecule has 0 spiro atoms. The van der Waals surface area contributed by atoms with Crippen LogP contribution in [0, 0.1) is 17.6 Å². The van der Waals surface area contributed by atoms with Crippen LogP contribution in [0.2, 0.25) is 0 Å². The second kappa shape index (κ2) is 4.89. The Kier molecular flexibility index (Phi) is 3.47. The number of benzene rings is 1. The van der Waals surface area contributed by atoms with Gasteiger partial charge < -0.3 is 15.1 Å². The lowest BCUT2D eigenvalue weighted by atomic mass is 10.1. The van der Waals surface area contributed by atoms with Gasteiger partial charge in [-0.3, -0.25) is 4.79 Å². The number of amides is 1. The summed E-state index contributed by atoms with van der Waals surface area (Å²) in [6.45, 7) is 0.660. The van der Waals surface area contributed by atoms with Gasteiger partial charge in [-0.25, -0.2) is 8.78 Å². The number of nitrogens with zero attached hydrogens (tertiary/aromatic N) is 1. The lowest BCUT2D eigenvalue weighted by molar-refractivity contribution is 0.0774. The molecule has 2 rings (SSSR count). The normalized spacial score (nSPS) is 19.3. The minimum atomic E-state index is -1.08. The van der Waals surface area contributed by atoms with Gasteiger partial charge >= 0.3 is 0 Å². The number of hydrogen-bond acceptors (Lipinski definition) is 3. The van der Waals surface area contributed by atoms with E-state index in [0.29, 0.717) is 31.6 Å². The number of hydrogen-bond donors (Lipinski definition) is 2. The maximum absolute atomic E-state index is 13.5. The Balaban J connectivity index is 2.25. The van der Waals surface area contributed by atoms with Gasteiger partial charge in [0.1, 0.15) is 22.9 Å². The summed E-state index contributed by atoms with van der Waals surface area (Å²) in [6.07, 6.45) is 0.631. The highest BCUT2D eigenvalue weighted by molar-refractivity contribution is 5.97. The molecule has 1 amide bonds. The van der Waals surface area contributed by atoms with Gasteiger partial charge in [0, 0.05) is 37.7 Å². The van der Waals surface area contributed by atoms with E-state index in [0.717, 1.165) is 0 Å². The van der Waals surface area contributed by atoms with Crippen LogP contribution in [-0.4, -0.2) is 40.7 Å². The van der Waals surface area contributed by atoms with Crippen molar-refractivity contribution in [3.05, 3.63) is 29.3 Å². The van der Waals surface area contributed by atoms with Crippen LogP contribution in [0.5, 0.6) is 5.75 Å². The zero-order valence-electron chi connectivity index (χ0n) is 9.57. The number of rotatable bonds is 2. The maximum Gasteiger partial charge on any atom is 0.260 e. The molecule has 6 heteroatoms. The van der Waals surface area contributed by atoms with E-state index in [4.69, 9.17) is 5.11 Å². The molecule has 2 N–H and O–H groups in total. The summed E-state index contributed by atoms with van der Waals surface area (Å²) >= 11 is 0. The fourth-order valence-corrected chi connectivity index (χ4v) is 2.10. The topological polar surface area (TPSA) is 60.8 Å². The molecule has 98 valence electrons. The number of phenolic OH excluding ortho intramolecular Hbond substituents is 1. The Labute approximate surface area is 102 Å². The van der Waals surface area contributed by atoms with Gasteiger partial charge in [0.05, 0.1) is 0 Å². The lowest BCUT2D eigenvalue weighted by Gasteiger charge is -2.17. The first-order chi connectivity index (χ1) is 8.52.